The van der Waals surface area contributed by atoms with Gasteiger partial charge in [-0.2, -0.15) is 10.1 Å². The molecule has 33 heavy (non-hydrogen) atoms. The van der Waals surface area contributed by atoms with E-state index in [1.165, 1.54) is 4.68 Å². The van der Waals surface area contributed by atoms with Crippen molar-refractivity contribution in [2.24, 2.45) is 0 Å². The Balaban J connectivity index is 1.51. The highest BCUT2D eigenvalue weighted by atomic mass is 16.5. The minimum Gasteiger partial charge on any atom is -0.497 e. The highest BCUT2D eigenvalue weighted by Gasteiger charge is 2.17. The van der Waals surface area contributed by atoms with Crippen molar-refractivity contribution < 1.29 is 9.15 Å². The molecule has 0 aliphatic heterocycles. The fourth-order valence-corrected chi connectivity index (χ4v) is 3.40. The Kier molecular flexibility index (Phi) is 5.47. The Morgan fingerprint density at radius 2 is 1.42 bits per heavy atom. The van der Waals surface area contributed by atoms with E-state index >= 15 is 0 Å². The van der Waals surface area contributed by atoms with Crippen LogP contribution in [-0.4, -0.2) is 32.1 Å². The summed E-state index contributed by atoms with van der Waals surface area (Å²) in [6, 6.07) is 26.4. The average molecular weight is 437 g/mol. The molecule has 0 aliphatic carbocycles. The van der Waals surface area contributed by atoms with Gasteiger partial charge in [-0.05, 0) is 24.3 Å². The molecule has 0 radical (unpaired) electrons. The van der Waals surface area contributed by atoms with Crippen molar-refractivity contribution in [3.63, 3.8) is 0 Å². The lowest BCUT2D eigenvalue weighted by Crippen LogP contribution is -2.27. The monoisotopic (exact) mass is 437 g/mol. The van der Waals surface area contributed by atoms with Gasteiger partial charge in [0.2, 0.25) is 11.8 Å². The predicted molar refractivity (Wildman–Crippen MR) is 123 cm³/mol. The maximum absolute atomic E-state index is 12.8. The van der Waals surface area contributed by atoms with E-state index in [0.29, 0.717) is 17.3 Å². The van der Waals surface area contributed by atoms with Crippen molar-refractivity contribution in [3.05, 3.63) is 101 Å². The van der Waals surface area contributed by atoms with E-state index in [9.17, 15) is 4.79 Å². The second-order valence-electron chi connectivity index (χ2n) is 7.21. The predicted octanol–water partition coefficient (Wildman–Crippen LogP) is 4.08. The lowest BCUT2D eigenvalue weighted by Gasteiger charge is -2.10. The zero-order chi connectivity index (χ0) is 22.6. The molecular weight excluding hydrogens is 418 g/mol. The first-order valence-corrected chi connectivity index (χ1v) is 10.3. The smallest absolute Gasteiger partial charge is 0.365 e. The third-order valence-electron chi connectivity index (χ3n) is 5.06. The van der Waals surface area contributed by atoms with Gasteiger partial charge in [0.15, 0.2) is 0 Å². The molecule has 0 saturated heterocycles. The van der Waals surface area contributed by atoms with Crippen LogP contribution in [0.25, 0.3) is 34.0 Å². The van der Waals surface area contributed by atoms with Crippen LogP contribution in [0.5, 0.6) is 5.75 Å². The topological polar surface area (TPSA) is 95.9 Å². The molecule has 0 bridgehead atoms. The minimum atomic E-state index is -0.502. The van der Waals surface area contributed by atoms with Gasteiger partial charge in [-0.25, -0.2) is 9.48 Å². The number of aromatic nitrogens is 5. The van der Waals surface area contributed by atoms with Gasteiger partial charge in [0, 0.05) is 16.7 Å². The first kappa shape index (κ1) is 20.3. The molecule has 162 valence electrons. The summed E-state index contributed by atoms with van der Waals surface area (Å²) >= 11 is 0. The molecule has 8 nitrogen and oxygen atoms in total. The molecule has 5 rings (SSSR count). The fourth-order valence-electron chi connectivity index (χ4n) is 3.40. The molecule has 2 heterocycles. The molecule has 0 unspecified atom stereocenters. The van der Waals surface area contributed by atoms with Gasteiger partial charge in [-0.15, -0.1) is 10.2 Å². The van der Waals surface area contributed by atoms with Crippen molar-refractivity contribution in [3.8, 4) is 39.7 Å². The summed E-state index contributed by atoms with van der Waals surface area (Å²) in [7, 11) is 1.60. The summed E-state index contributed by atoms with van der Waals surface area (Å²) in [6.07, 6.45) is 0. The SMILES string of the molecule is COc1ccc(-c2nnc(Cn3nc(-c4ccccc4)c(-c4ccccc4)nc3=O)o2)cc1. The number of methoxy groups -OCH3 is 1. The van der Waals surface area contributed by atoms with Gasteiger partial charge in [0.1, 0.15) is 23.7 Å². The largest absolute Gasteiger partial charge is 0.497 e. The second kappa shape index (κ2) is 8.88. The Labute approximate surface area is 189 Å². The van der Waals surface area contributed by atoms with Crippen LogP contribution in [0.15, 0.2) is 94.1 Å². The lowest BCUT2D eigenvalue weighted by molar-refractivity contribution is 0.414. The summed E-state index contributed by atoms with van der Waals surface area (Å²) in [5, 5.41) is 12.8. The second-order valence-corrected chi connectivity index (χ2v) is 7.21. The van der Waals surface area contributed by atoms with Crippen molar-refractivity contribution in [2.45, 2.75) is 6.54 Å². The molecule has 0 aliphatic rings. The number of nitrogens with zero attached hydrogens (tertiary/aromatic N) is 5. The molecule has 0 N–H and O–H groups in total. The molecule has 0 spiro atoms. The van der Waals surface area contributed by atoms with E-state index in [-0.39, 0.29) is 12.4 Å². The molecule has 0 amide bonds. The van der Waals surface area contributed by atoms with E-state index in [1.54, 1.807) is 7.11 Å². The molecule has 5 aromatic rings. The highest BCUT2D eigenvalue weighted by molar-refractivity contribution is 5.77. The van der Waals surface area contributed by atoms with Gasteiger partial charge >= 0.3 is 5.69 Å². The van der Waals surface area contributed by atoms with Crippen molar-refractivity contribution in [1.29, 1.82) is 0 Å². The summed E-state index contributed by atoms with van der Waals surface area (Å²) in [5.74, 6) is 1.33. The molecule has 0 fully saturated rings. The number of benzene rings is 3. The third kappa shape index (κ3) is 4.27. The quantitative estimate of drug-likeness (QED) is 0.395. The van der Waals surface area contributed by atoms with Gasteiger partial charge in [0.25, 0.3) is 0 Å². The first-order chi connectivity index (χ1) is 16.2. The van der Waals surface area contributed by atoms with Crippen LogP contribution >= 0.6 is 0 Å². The maximum atomic E-state index is 12.8. The first-order valence-electron chi connectivity index (χ1n) is 10.3. The number of rotatable bonds is 6. The Hall–Kier alpha value is -4.59. The number of hydrogen-bond donors (Lipinski definition) is 0. The van der Waals surface area contributed by atoms with Gasteiger partial charge in [0.05, 0.1) is 7.11 Å². The van der Waals surface area contributed by atoms with Gasteiger partial charge in [-0.1, -0.05) is 60.7 Å². The van der Waals surface area contributed by atoms with E-state index < -0.39 is 5.69 Å². The van der Waals surface area contributed by atoms with E-state index in [4.69, 9.17) is 9.15 Å². The lowest BCUT2D eigenvalue weighted by atomic mass is 10.0. The molecule has 0 atom stereocenters. The minimum absolute atomic E-state index is 0.00386. The average Bonchev–Trinajstić information content (AvgIpc) is 3.35. The van der Waals surface area contributed by atoms with Crippen LogP contribution in [0.2, 0.25) is 0 Å². The van der Waals surface area contributed by atoms with Crippen molar-refractivity contribution >= 4 is 0 Å². The van der Waals surface area contributed by atoms with Gasteiger partial charge < -0.3 is 9.15 Å². The van der Waals surface area contributed by atoms with Crippen LogP contribution in [0, 0.1) is 0 Å². The standard InChI is InChI=1S/C25H19N5O3/c1-32-20-14-12-19(13-15-20)24-28-27-21(33-24)16-30-25(31)26-22(17-8-4-2-5-9-17)23(29-30)18-10-6-3-7-11-18/h2-15H,16H2,1H3. The van der Waals surface area contributed by atoms with Crippen molar-refractivity contribution in [2.75, 3.05) is 7.11 Å². The van der Waals surface area contributed by atoms with Crippen molar-refractivity contribution in [1.82, 2.24) is 25.0 Å². The number of ether oxygens (including phenoxy) is 1. The summed E-state index contributed by atoms with van der Waals surface area (Å²) < 4.78 is 12.2. The van der Waals surface area contributed by atoms with E-state index in [0.717, 1.165) is 22.4 Å². The Morgan fingerprint density at radius 3 is 2.06 bits per heavy atom. The Bertz CT molecular complexity index is 1430. The summed E-state index contributed by atoms with van der Waals surface area (Å²) in [6.45, 7) is 0.00386. The highest BCUT2D eigenvalue weighted by Crippen LogP contribution is 2.27. The molecule has 2 aromatic heterocycles. The van der Waals surface area contributed by atoms with Crippen LogP contribution in [0.4, 0.5) is 0 Å². The van der Waals surface area contributed by atoms with E-state index in [1.807, 2.05) is 84.9 Å². The maximum Gasteiger partial charge on any atom is 0.365 e. The molecule has 8 heteroatoms. The zero-order valence-electron chi connectivity index (χ0n) is 17.8. The van der Waals surface area contributed by atoms with Crippen LogP contribution in [0.3, 0.4) is 0 Å². The Morgan fingerprint density at radius 1 is 0.788 bits per heavy atom. The van der Waals surface area contributed by atoms with E-state index in [2.05, 4.69) is 20.3 Å². The van der Waals surface area contributed by atoms with Crippen LogP contribution in [0.1, 0.15) is 5.89 Å². The molecule has 3 aromatic carbocycles. The van der Waals surface area contributed by atoms with Crippen LogP contribution in [-0.2, 0) is 6.54 Å². The molecular formula is C25H19N5O3. The summed E-state index contributed by atoms with van der Waals surface area (Å²) in [5.41, 5.74) is 3.02. The fraction of sp³-hybridized carbons (Fsp3) is 0.0800. The normalized spacial score (nSPS) is 10.8. The number of hydrogen-bond acceptors (Lipinski definition) is 7. The zero-order valence-corrected chi connectivity index (χ0v) is 17.8. The molecule has 0 saturated carbocycles. The summed E-state index contributed by atoms with van der Waals surface area (Å²) in [4.78, 5) is 17.2. The van der Waals surface area contributed by atoms with Gasteiger partial charge in [-0.3, -0.25) is 0 Å². The van der Waals surface area contributed by atoms with Crippen LogP contribution < -0.4 is 10.4 Å². The third-order valence-corrected chi connectivity index (χ3v) is 5.06.